The lowest BCUT2D eigenvalue weighted by atomic mass is 10.1. The normalized spacial score (nSPS) is 10.1. The van der Waals surface area contributed by atoms with Crippen molar-refractivity contribution in [2.75, 3.05) is 18.6 Å². The van der Waals surface area contributed by atoms with E-state index in [-0.39, 0.29) is 6.61 Å². The Labute approximate surface area is 117 Å². The molecule has 5 nitrogen and oxygen atoms in total. The summed E-state index contributed by atoms with van der Waals surface area (Å²) in [6, 6.07) is 12.0. The van der Waals surface area contributed by atoms with Gasteiger partial charge in [-0.2, -0.15) is 0 Å². The summed E-state index contributed by atoms with van der Waals surface area (Å²) in [6.45, 7) is 0.153. The number of anilines is 2. The molecular formula is C15H16N2O3. The third-order valence-electron chi connectivity index (χ3n) is 2.80. The van der Waals surface area contributed by atoms with Crippen LogP contribution in [-0.4, -0.2) is 13.1 Å². The van der Waals surface area contributed by atoms with Gasteiger partial charge in [0.2, 0.25) is 0 Å². The molecule has 0 unspecified atom stereocenters. The maximum atomic E-state index is 11.9. The highest BCUT2D eigenvalue weighted by atomic mass is 16.5. The lowest BCUT2D eigenvalue weighted by molar-refractivity contribution is 0.0474. The summed E-state index contributed by atoms with van der Waals surface area (Å²) in [7, 11) is 1.58. The molecule has 5 heteroatoms. The van der Waals surface area contributed by atoms with Gasteiger partial charge in [-0.3, -0.25) is 0 Å². The van der Waals surface area contributed by atoms with Crippen LogP contribution in [0, 0.1) is 0 Å². The first-order chi connectivity index (χ1) is 9.60. The molecule has 0 bridgehead atoms. The van der Waals surface area contributed by atoms with Crippen LogP contribution in [0.15, 0.2) is 42.5 Å². The second-order valence-corrected chi connectivity index (χ2v) is 4.27. The summed E-state index contributed by atoms with van der Waals surface area (Å²) in [5, 5.41) is 0. The summed E-state index contributed by atoms with van der Waals surface area (Å²) in [6.07, 6.45) is 0. The van der Waals surface area contributed by atoms with Crippen molar-refractivity contribution in [3.05, 3.63) is 53.6 Å². The zero-order valence-corrected chi connectivity index (χ0v) is 11.1. The Balaban J connectivity index is 2.04. The topological polar surface area (TPSA) is 87.6 Å². The molecule has 0 amide bonds. The minimum atomic E-state index is -0.481. The number of hydrogen-bond donors (Lipinski definition) is 2. The van der Waals surface area contributed by atoms with E-state index < -0.39 is 5.97 Å². The van der Waals surface area contributed by atoms with Gasteiger partial charge < -0.3 is 20.9 Å². The van der Waals surface area contributed by atoms with Gasteiger partial charge in [-0.05, 0) is 35.9 Å². The summed E-state index contributed by atoms with van der Waals surface area (Å²) in [5.74, 6) is 0.232. The molecule has 0 saturated carbocycles. The minimum absolute atomic E-state index is 0.153. The third kappa shape index (κ3) is 3.20. The van der Waals surface area contributed by atoms with Gasteiger partial charge in [0.25, 0.3) is 0 Å². The fourth-order valence-electron chi connectivity index (χ4n) is 1.76. The average molecular weight is 272 g/mol. The smallest absolute Gasteiger partial charge is 0.340 e. The molecule has 0 atom stereocenters. The first-order valence-corrected chi connectivity index (χ1v) is 6.05. The molecule has 0 aliphatic carbocycles. The van der Waals surface area contributed by atoms with E-state index in [9.17, 15) is 4.79 Å². The highest BCUT2D eigenvalue weighted by molar-refractivity contribution is 5.95. The number of benzene rings is 2. The number of esters is 1. The van der Waals surface area contributed by atoms with Crippen molar-refractivity contribution in [2.24, 2.45) is 0 Å². The largest absolute Gasteiger partial charge is 0.497 e. The molecule has 0 heterocycles. The van der Waals surface area contributed by atoms with E-state index >= 15 is 0 Å². The monoisotopic (exact) mass is 272 g/mol. The molecule has 104 valence electrons. The zero-order chi connectivity index (χ0) is 14.5. The van der Waals surface area contributed by atoms with Crippen molar-refractivity contribution in [1.82, 2.24) is 0 Å². The molecule has 2 aromatic carbocycles. The quantitative estimate of drug-likeness (QED) is 0.658. The molecule has 0 spiro atoms. The second kappa shape index (κ2) is 5.97. The van der Waals surface area contributed by atoms with Crippen molar-refractivity contribution in [3.63, 3.8) is 0 Å². The van der Waals surface area contributed by atoms with E-state index in [2.05, 4.69) is 0 Å². The van der Waals surface area contributed by atoms with Crippen LogP contribution in [0.25, 0.3) is 0 Å². The molecule has 0 radical (unpaired) electrons. The molecule has 4 N–H and O–H groups in total. The zero-order valence-electron chi connectivity index (χ0n) is 11.1. The van der Waals surface area contributed by atoms with Gasteiger partial charge >= 0.3 is 5.97 Å². The molecule has 2 rings (SSSR count). The molecule has 0 aliphatic heterocycles. The van der Waals surface area contributed by atoms with E-state index in [0.717, 1.165) is 5.56 Å². The molecule has 2 aromatic rings. The third-order valence-corrected chi connectivity index (χ3v) is 2.80. The first-order valence-electron chi connectivity index (χ1n) is 6.05. The van der Waals surface area contributed by atoms with Gasteiger partial charge in [0.15, 0.2) is 0 Å². The standard InChI is InChI=1S/C15H16N2O3/c1-19-12-4-2-3-10(7-12)9-20-15(18)13-6-5-11(16)8-14(13)17/h2-8H,9,16-17H2,1H3. The lowest BCUT2D eigenvalue weighted by Gasteiger charge is -2.08. The second-order valence-electron chi connectivity index (χ2n) is 4.27. The van der Waals surface area contributed by atoms with E-state index in [1.807, 2.05) is 18.2 Å². The van der Waals surface area contributed by atoms with Gasteiger partial charge in [-0.25, -0.2) is 4.79 Å². The van der Waals surface area contributed by atoms with Crippen LogP contribution in [-0.2, 0) is 11.3 Å². The SMILES string of the molecule is COc1cccc(COC(=O)c2ccc(N)cc2N)c1. The van der Waals surface area contributed by atoms with E-state index in [0.29, 0.717) is 22.7 Å². The van der Waals surface area contributed by atoms with Crippen molar-refractivity contribution < 1.29 is 14.3 Å². The highest BCUT2D eigenvalue weighted by Crippen LogP contribution is 2.18. The van der Waals surface area contributed by atoms with Gasteiger partial charge in [0, 0.05) is 11.4 Å². The fraction of sp³-hybridized carbons (Fsp3) is 0.133. The summed E-state index contributed by atoms with van der Waals surface area (Å²) in [4.78, 5) is 11.9. The van der Waals surface area contributed by atoms with Crippen LogP contribution >= 0.6 is 0 Å². The van der Waals surface area contributed by atoms with E-state index in [1.165, 1.54) is 6.07 Å². The molecule has 0 aromatic heterocycles. The van der Waals surface area contributed by atoms with Crippen molar-refractivity contribution >= 4 is 17.3 Å². The number of nitrogen functional groups attached to an aromatic ring is 2. The van der Waals surface area contributed by atoms with E-state index in [4.69, 9.17) is 20.9 Å². The maximum absolute atomic E-state index is 11.9. The molecule has 0 aliphatic rings. The van der Waals surface area contributed by atoms with Crippen molar-refractivity contribution in [1.29, 1.82) is 0 Å². The predicted octanol–water partition coefficient (Wildman–Crippen LogP) is 2.22. The maximum Gasteiger partial charge on any atom is 0.340 e. The Kier molecular flexibility index (Phi) is 4.10. The summed E-state index contributed by atoms with van der Waals surface area (Å²) in [5.41, 5.74) is 13.3. The van der Waals surface area contributed by atoms with Crippen molar-refractivity contribution in [2.45, 2.75) is 6.61 Å². The molecule has 0 saturated heterocycles. The number of methoxy groups -OCH3 is 1. The van der Waals surface area contributed by atoms with Gasteiger partial charge in [-0.15, -0.1) is 0 Å². The minimum Gasteiger partial charge on any atom is -0.497 e. The summed E-state index contributed by atoms with van der Waals surface area (Å²) >= 11 is 0. The first kappa shape index (κ1) is 13.7. The van der Waals surface area contributed by atoms with Gasteiger partial charge in [-0.1, -0.05) is 12.1 Å². The Bertz CT molecular complexity index is 626. The molecular weight excluding hydrogens is 256 g/mol. The number of carbonyl (C=O) groups is 1. The molecule has 0 fully saturated rings. The molecule has 20 heavy (non-hydrogen) atoms. The highest BCUT2D eigenvalue weighted by Gasteiger charge is 2.11. The summed E-state index contributed by atoms with van der Waals surface area (Å²) < 4.78 is 10.3. The Morgan fingerprint density at radius 3 is 2.65 bits per heavy atom. The van der Waals surface area contributed by atoms with Crippen LogP contribution in [0.1, 0.15) is 15.9 Å². The number of hydrogen-bond acceptors (Lipinski definition) is 5. The van der Waals surface area contributed by atoms with Crippen LogP contribution in [0.2, 0.25) is 0 Å². The Morgan fingerprint density at radius 2 is 1.95 bits per heavy atom. The predicted molar refractivity (Wildman–Crippen MR) is 77.4 cm³/mol. The fourth-order valence-corrected chi connectivity index (χ4v) is 1.76. The lowest BCUT2D eigenvalue weighted by Crippen LogP contribution is -2.08. The number of rotatable bonds is 4. The van der Waals surface area contributed by atoms with Gasteiger partial charge in [0.05, 0.1) is 12.7 Å². The number of ether oxygens (including phenoxy) is 2. The number of carbonyl (C=O) groups excluding carboxylic acids is 1. The van der Waals surface area contributed by atoms with Crippen LogP contribution in [0.3, 0.4) is 0 Å². The van der Waals surface area contributed by atoms with Crippen LogP contribution in [0.4, 0.5) is 11.4 Å². The van der Waals surface area contributed by atoms with Crippen LogP contribution in [0.5, 0.6) is 5.75 Å². The Morgan fingerprint density at radius 1 is 1.15 bits per heavy atom. The number of nitrogens with two attached hydrogens (primary N) is 2. The van der Waals surface area contributed by atoms with Gasteiger partial charge in [0.1, 0.15) is 12.4 Å². The van der Waals surface area contributed by atoms with Crippen molar-refractivity contribution in [3.8, 4) is 5.75 Å². The average Bonchev–Trinajstić information content (AvgIpc) is 2.45. The van der Waals surface area contributed by atoms with Crippen LogP contribution < -0.4 is 16.2 Å². The van der Waals surface area contributed by atoms with E-state index in [1.54, 1.807) is 25.3 Å². The Hall–Kier alpha value is -2.69.